The smallest absolute Gasteiger partial charge is 0.307 e. The number of rotatable bonds is 4. The molecule has 1 rings (SSSR count). The normalized spacial score (nSPS) is 10.8. The summed E-state index contributed by atoms with van der Waals surface area (Å²) in [6, 6.07) is 1.37. The van der Waals surface area contributed by atoms with Crippen molar-refractivity contribution in [1.29, 1.82) is 0 Å². The van der Waals surface area contributed by atoms with Crippen molar-refractivity contribution in [3.8, 4) is 0 Å². The van der Waals surface area contributed by atoms with Gasteiger partial charge in [-0.3, -0.25) is 4.79 Å². The van der Waals surface area contributed by atoms with Crippen LogP contribution in [0.5, 0.6) is 0 Å². The van der Waals surface area contributed by atoms with Crippen LogP contribution in [0.25, 0.3) is 0 Å². The first kappa shape index (κ1) is 13.6. The first-order valence-corrected chi connectivity index (χ1v) is 5.81. The molecule has 0 aliphatic heterocycles. The average Bonchev–Trinajstić information content (AvgIpc) is 2.19. The Morgan fingerprint density at radius 2 is 2.19 bits per heavy atom. The molecule has 0 spiro atoms. The number of carboxylic acids is 1. The molecule has 0 aliphatic carbocycles. The van der Waals surface area contributed by atoms with Crippen molar-refractivity contribution >= 4 is 40.2 Å². The third-order valence-electron chi connectivity index (χ3n) is 1.85. The largest absolute Gasteiger partial charge is 0.481 e. The fourth-order valence-electron chi connectivity index (χ4n) is 1.18. The quantitative estimate of drug-likeness (QED) is 0.510. The fourth-order valence-corrected chi connectivity index (χ4v) is 2.22. The summed E-state index contributed by atoms with van der Waals surface area (Å²) >= 11 is 7.39. The number of carbonyl (C=O) groups is 1. The predicted octanol–water partition coefficient (Wildman–Crippen LogP) is 2.99. The van der Waals surface area contributed by atoms with Crippen molar-refractivity contribution in [3.63, 3.8) is 0 Å². The van der Waals surface area contributed by atoms with Crippen molar-refractivity contribution in [2.24, 2.45) is 0 Å². The molecule has 1 aromatic rings. The van der Waals surface area contributed by atoms with Gasteiger partial charge in [0, 0.05) is 5.88 Å². The predicted molar refractivity (Wildman–Crippen MR) is 62.8 cm³/mol. The average molecular weight is 362 g/mol. The summed E-state index contributed by atoms with van der Waals surface area (Å²) in [5.41, 5.74) is 0.0853. The third kappa shape index (κ3) is 3.24. The molecule has 88 valence electrons. The number of hydrogen-bond acceptors (Lipinski definition) is 2. The molecule has 0 amide bonds. The van der Waals surface area contributed by atoms with E-state index < -0.39 is 24.5 Å². The Hall–Kier alpha value is -0.500. The van der Waals surface area contributed by atoms with E-state index in [9.17, 15) is 13.6 Å². The van der Waals surface area contributed by atoms with Crippen LogP contribution in [0, 0.1) is 3.70 Å². The molecule has 0 aromatic carbocycles. The highest BCUT2D eigenvalue weighted by Crippen LogP contribution is 2.25. The van der Waals surface area contributed by atoms with E-state index in [1.54, 1.807) is 22.6 Å². The molecule has 1 aromatic heterocycles. The van der Waals surface area contributed by atoms with Gasteiger partial charge in [0.2, 0.25) is 0 Å². The van der Waals surface area contributed by atoms with Crippen molar-refractivity contribution in [2.75, 3.05) is 0 Å². The Morgan fingerprint density at radius 3 is 2.62 bits per heavy atom. The zero-order valence-electron chi connectivity index (χ0n) is 7.88. The molecule has 7 heteroatoms. The SMILES string of the molecule is O=C(O)Cc1cc(CCl)c(I)nc1C(F)F. The van der Waals surface area contributed by atoms with Crippen LogP contribution in [0.15, 0.2) is 6.07 Å². The number of carboxylic acid groups (broad SMARTS) is 1. The second-order valence-corrected chi connectivity index (χ2v) is 4.28. The Kier molecular flexibility index (Phi) is 4.85. The molecule has 0 saturated heterocycles. The van der Waals surface area contributed by atoms with Crippen molar-refractivity contribution in [2.45, 2.75) is 18.7 Å². The van der Waals surface area contributed by atoms with Crippen LogP contribution in [-0.4, -0.2) is 16.1 Å². The Balaban J connectivity index is 3.24. The number of aliphatic carboxylic acids is 1. The van der Waals surface area contributed by atoms with E-state index in [1.165, 1.54) is 6.07 Å². The van der Waals surface area contributed by atoms with Crippen LogP contribution >= 0.6 is 34.2 Å². The lowest BCUT2D eigenvalue weighted by Gasteiger charge is -2.09. The van der Waals surface area contributed by atoms with Gasteiger partial charge >= 0.3 is 5.97 Å². The highest BCUT2D eigenvalue weighted by atomic mass is 127. The second kappa shape index (κ2) is 5.72. The summed E-state index contributed by atoms with van der Waals surface area (Å²) in [4.78, 5) is 14.2. The minimum atomic E-state index is -2.78. The van der Waals surface area contributed by atoms with Crippen molar-refractivity contribution in [1.82, 2.24) is 4.98 Å². The summed E-state index contributed by atoms with van der Waals surface area (Å²) in [6.07, 6.45) is -3.26. The Morgan fingerprint density at radius 1 is 1.56 bits per heavy atom. The van der Waals surface area contributed by atoms with Gasteiger partial charge < -0.3 is 5.11 Å². The molecule has 0 aliphatic rings. The van der Waals surface area contributed by atoms with Gasteiger partial charge in [-0.25, -0.2) is 13.8 Å². The second-order valence-electron chi connectivity index (χ2n) is 2.99. The van der Waals surface area contributed by atoms with Crippen LogP contribution in [0.1, 0.15) is 23.2 Å². The maximum Gasteiger partial charge on any atom is 0.307 e. The molecule has 0 fully saturated rings. The summed E-state index contributed by atoms with van der Waals surface area (Å²) in [6.45, 7) is 0. The third-order valence-corrected chi connectivity index (χ3v) is 3.08. The maximum absolute atomic E-state index is 12.6. The van der Waals surface area contributed by atoms with E-state index in [1.807, 2.05) is 0 Å². The molecule has 1 heterocycles. The highest BCUT2D eigenvalue weighted by Gasteiger charge is 2.19. The molecular weight excluding hydrogens is 354 g/mol. The van der Waals surface area contributed by atoms with E-state index in [-0.39, 0.29) is 11.4 Å². The molecule has 3 nitrogen and oxygen atoms in total. The van der Waals surface area contributed by atoms with Gasteiger partial charge in [-0.15, -0.1) is 11.6 Å². The number of pyridine rings is 1. The highest BCUT2D eigenvalue weighted by molar-refractivity contribution is 14.1. The molecule has 0 saturated carbocycles. The first-order chi connectivity index (χ1) is 7.45. The van der Waals surface area contributed by atoms with Gasteiger partial charge in [-0.05, 0) is 39.8 Å². The lowest BCUT2D eigenvalue weighted by molar-refractivity contribution is -0.136. The van der Waals surface area contributed by atoms with Gasteiger partial charge in [0.1, 0.15) is 9.39 Å². The molecule has 0 radical (unpaired) electrons. The van der Waals surface area contributed by atoms with Gasteiger partial charge in [-0.1, -0.05) is 0 Å². The molecule has 0 atom stereocenters. The summed E-state index contributed by atoms with van der Waals surface area (Å²) in [7, 11) is 0. The first-order valence-electron chi connectivity index (χ1n) is 4.19. The minimum Gasteiger partial charge on any atom is -0.481 e. The fraction of sp³-hybridized carbons (Fsp3) is 0.333. The van der Waals surface area contributed by atoms with E-state index >= 15 is 0 Å². The van der Waals surface area contributed by atoms with Gasteiger partial charge in [0.25, 0.3) is 6.43 Å². The Bertz CT molecular complexity index is 415. The van der Waals surface area contributed by atoms with E-state index in [4.69, 9.17) is 16.7 Å². The summed E-state index contributed by atoms with van der Waals surface area (Å²) < 4.78 is 25.6. The number of aromatic nitrogens is 1. The van der Waals surface area contributed by atoms with Crippen LogP contribution < -0.4 is 0 Å². The molecule has 16 heavy (non-hydrogen) atoms. The number of alkyl halides is 3. The maximum atomic E-state index is 12.6. The van der Waals surface area contributed by atoms with Gasteiger partial charge in [-0.2, -0.15) is 0 Å². The topological polar surface area (TPSA) is 50.2 Å². The van der Waals surface area contributed by atoms with Gasteiger partial charge in [0.15, 0.2) is 0 Å². The zero-order valence-corrected chi connectivity index (χ0v) is 10.8. The molecule has 0 bridgehead atoms. The van der Waals surface area contributed by atoms with Gasteiger partial charge in [0.05, 0.1) is 6.42 Å². The van der Waals surface area contributed by atoms with Crippen LogP contribution in [0.4, 0.5) is 8.78 Å². The van der Waals surface area contributed by atoms with E-state index in [0.29, 0.717) is 9.26 Å². The molecular formula is C9H7ClF2INO2. The Labute approximate surface area is 109 Å². The van der Waals surface area contributed by atoms with E-state index in [2.05, 4.69) is 4.98 Å². The van der Waals surface area contributed by atoms with Crippen molar-refractivity contribution < 1.29 is 18.7 Å². The lowest BCUT2D eigenvalue weighted by atomic mass is 10.1. The standard InChI is InChI=1S/C9H7ClF2INO2/c10-3-5-1-4(2-6(15)16)7(8(11)12)14-9(5)13/h1,8H,2-3H2,(H,15,16). The number of nitrogens with zero attached hydrogens (tertiary/aromatic N) is 1. The molecule has 1 N–H and O–H groups in total. The lowest BCUT2D eigenvalue weighted by Crippen LogP contribution is -2.08. The summed E-state index contributed by atoms with van der Waals surface area (Å²) in [5, 5.41) is 8.60. The van der Waals surface area contributed by atoms with Crippen LogP contribution in [-0.2, 0) is 17.1 Å². The summed E-state index contributed by atoms with van der Waals surface area (Å²) in [5.74, 6) is -1.06. The zero-order chi connectivity index (χ0) is 12.3. The van der Waals surface area contributed by atoms with Crippen LogP contribution in [0.3, 0.4) is 0 Å². The molecule has 0 unspecified atom stereocenters. The number of hydrogen-bond donors (Lipinski definition) is 1. The van der Waals surface area contributed by atoms with E-state index in [0.717, 1.165) is 0 Å². The monoisotopic (exact) mass is 361 g/mol. The number of halogens is 4. The minimum absolute atomic E-state index is 0.0126. The van der Waals surface area contributed by atoms with Crippen molar-refractivity contribution in [3.05, 3.63) is 26.6 Å². The van der Waals surface area contributed by atoms with Crippen LogP contribution in [0.2, 0.25) is 0 Å².